The summed E-state index contributed by atoms with van der Waals surface area (Å²) in [7, 11) is -1.38. The van der Waals surface area contributed by atoms with Gasteiger partial charge in [0.2, 0.25) is 0 Å². The highest BCUT2D eigenvalue weighted by molar-refractivity contribution is 7.92. The zero-order chi connectivity index (χ0) is 20.9. The molecule has 150 valence electrons. The predicted octanol–water partition coefficient (Wildman–Crippen LogP) is 2.34. The molecule has 2 aromatic rings. The maximum atomic E-state index is 12.8. The van der Waals surface area contributed by atoms with Gasteiger partial charge in [-0.25, -0.2) is 13.2 Å². The number of benzene rings is 2. The fourth-order valence-corrected chi connectivity index (χ4v) is 3.62. The van der Waals surface area contributed by atoms with E-state index in [4.69, 9.17) is 4.74 Å². The van der Waals surface area contributed by atoms with Gasteiger partial charge in [0.25, 0.3) is 15.9 Å². The number of aryl methyl sites for hydroxylation is 1. The standard InChI is InChI=1S/C19H22N2O6S/c1-5-20-18(22)15-11-14(8-9-17(15)26-3)28(24,25)21-16-10-13(19(23)27-4)7-6-12(16)2/h6-11,21H,5H2,1-4H3,(H,20,22). The fraction of sp³-hybridized carbons (Fsp3) is 0.263. The van der Waals surface area contributed by atoms with Gasteiger partial charge in [-0.3, -0.25) is 9.52 Å². The van der Waals surface area contributed by atoms with Gasteiger partial charge in [0, 0.05) is 6.54 Å². The van der Waals surface area contributed by atoms with Crippen LogP contribution in [0.25, 0.3) is 0 Å². The molecule has 28 heavy (non-hydrogen) atoms. The number of carbonyl (C=O) groups excluding carboxylic acids is 2. The van der Waals surface area contributed by atoms with E-state index >= 15 is 0 Å². The van der Waals surface area contributed by atoms with E-state index in [9.17, 15) is 18.0 Å². The molecule has 0 aliphatic rings. The van der Waals surface area contributed by atoms with Crippen molar-refractivity contribution >= 4 is 27.6 Å². The number of hydrogen-bond donors (Lipinski definition) is 2. The van der Waals surface area contributed by atoms with Crippen molar-refractivity contribution in [3.8, 4) is 5.75 Å². The summed E-state index contributed by atoms with van der Waals surface area (Å²) in [5, 5.41) is 2.61. The highest BCUT2D eigenvalue weighted by Crippen LogP contribution is 2.26. The van der Waals surface area contributed by atoms with E-state index in [-0.39, 0.29) is 27.5 Å². The largest absolute Gasteiger partial charge is 0.496 e. The van der Waals surface area contributed by atoms with Crippen molar-refractivity contribution < 1.29 is 27.5 Å². The Kier molecular flexibility index (Phi) is 6.63. The Labute approximate surface area is 163 Å². The summed E-state index contributed by atoms with van der Waals surface area (Å²) in [5.74, 6) is -0.766. The SMILES string of the molecule is CCNC(=O)c1cc(S(=O)(=O)Nc2cc(C(=O)OC)ccc2C)ccc1OC. The number of hydrogen-bond acceptors (Lipinski definition) is 6. The van der Waals surface area contributed by atoms with E-state index < -0.39 is 21.9 Å². The summed E-state index contributed by atoms with van der Waals surface area (Å²) in [6, 6.07) is 8.54. The Balaban J connectivity index is 2.44. The van der Waals surface area contributed by atoms with Crippen molar-refractivity contribution in [1.29, 1.82) is 0 Å². The Bertz CT molecular complexity index is 1000. The summed E-state index contributed by atoms with van der Waals surface area (Å²) in [6.07, 6.45) is 0. The molecule has 0 atom stereocenters. The second-order valence-corrected chi connectivity index (χ2v) is 7.53. The van der Waals surface area contributed by atoms with Gasteiger partial charge < -0.3 is 14.8 Å². The first kappa shape index (κ1) is 21.2. The lowest BCUT2D eigenvalue weighted by atomic mass is 10.1. The van der Waals surface area contributed by atoms with Gasteiger partial charge in [0.1, 0.15) is 5.75 Å². The molecule has 2 N–H and O–H groups in total. The van der Waals surface area contributed by atoms with Crippen LogP contribution in [0.15, 0.2) is 41.3 Å². The van der Waals surface area contributed by atoms with E-state index in [0.29, 0.717) is 12.1 Å². The highest BCUT2D eigenvalue weighted by atomic mass is 32.2. The van der Waals surface area contributed by atoms with E-state index in [1.165, 1.54) is 38.5 Å². The third-order valence-electron chi connectivity index (χ3n) is 3.97. The molecule has 2 rings (SSSR count). The van der Waals surface area contributed by atoms with E-state index in [1.54, 1.807) is 26.0 Å². The second-order valence-electron chi connectivity index (χ2n) is 5.85. The quantitative estimate of drug-likeness (QED) is 0.683. The van der Waals surface area contributed by atoms with Gasteiger partial charge >= 0.3 is 5.97 Å². The van der Waals surface area contributed by atoms with Crippen LogP contribution < -0.4 is 14.8 Å². The van der Waals surface area contributed by atoms with Crippen LogP contribution in [-0.2, 0) is 14.8 Å². The summed E-state index contributed by atoms with van der Waals surface area (Å²) in [5.41, 5.74) is 1.17. The molecule has 0 bridgehead atoms. The molecule has 1 amide bonds. The van der Waals surface area contributed by atoms with Gasteiger partial charge in [-0.15, -0.1) is 0 Å². The molecule has 0 spiro atoms. The van der Waals surface area contributed by atoms with Crippen molar-refractivity contribution in [3.63, 3.8) is 0 Å². The van der Waals surface area contributed by atoms with Crippen LogP contribution in [0.5, 0.6) is 5.75 Å². The molecule has 0 heterocycles. The van der Waals surface area contributed by atoms with Crippen molar-refractivity contribution in [2.45, 2.75) is 18.7 Å². The fourth-order valence-electron chi connectivity index (χ4n) is 2.47. The number of carbonyl (C=O) groups is 2. The van der Waals surface area contributed by atoms with Crippen molar-refractivity contribution in [2.75, 3.05) is 25.5 Å². The normalized spacial score (nSPS) is 10.9. The molecule has 8 nitrogen and oxygen atoms in total. The van der Waals surface area contributed by atoms with Crippen LogP contribution >= 0.6 is 0 Å². The molecule has 0 aliphatic heterocycles. The first-order valence-electron chi connectivity index (χ1n) is 8.41. The third-order valence-corrected chi connectivity index (χ3v) is 5.33. The van der Waals surface area contributed by atoms with Gasteiger partial charge in [-0.2, -0.15) is 0 Å². The van der Waals surface area contributed by atoms with Crippen LogP contribution in [0.4, 0.5) is 5.69 Å². The lowest BCUT2D eigenvalue weighted by molar-refractivity contribution is 0.0600. The summed E-state index contributed by atoms with van der Waals surface area (Å²) in [6.45, 7) is 3.84. The molecular weight excluding hydrogens is 384 g/mol. The van der Waals surface area contributed by atoms with Gasteiger partial charge in [0.15, 0.2) is 0 Å². The van der Waals surface area contributed by atoms with Gasteiger partial charge in [0.05, 0.1) is 35.9 Å². The Morgan fingerprint density at radius 2 is 1.79 bits per heavy atom. The number of anilines is 1. The lowest BCUT2D eigenvalue weighted by Crippen LogP contribution is -2.24. The number of rotatable bonds is 7. The molecule has 0 radical (unpaired) electrons. The molecule has 0 aromatic heterocycles. The molecule has 0 saturated carbocycles. The molecule has 0 fully saturated rings. The minimum Gasteiger partial charge on any atom is -0.496 e. The molecule has 9 heteroatoms. The Morgan fingerprint density at radius 1 is 1.07 bits per heavy atom. The first-order chi connectivity index (χ1) is 13.2. The lowest BCUT2D eigenvalue weighted by Gasteiger charge is -2.14. The van der Waals surface area contributed by atoms with Crippen molar-refractivity contribution in [2.24, 2.45) is 0 Å². The van der Waals surface area contributed by atoms with Crippen LogP contribution in [0.2, 0.25) is 0 Å². The van der Waals surface area contributed by atoms with Gasteiger partial charge in [-0.05, 0) is 49.7 Å². The van der Waals surface area contributed by atoms with E-state index in [0.717, 1.165) is 0 Å². The third kappa shape index (κ3) is 4.61. The smallest absolute Gasteiger partial charge is 0.337 e. The minimum atomic E-state index is -4.02. The molecule has 0 unspecified atom stereocenters. The molecule has 0 saturated heterocycles. The average Bonchev–Trinajstić information content (AvgIpc) is 2.68. The Hall–Kier alpha value is -3.07. The zero-order valence-electron chi connectivity index (χ0n) is 16.0. The number of nitrogens with one attached hydrogen (secondary N) is 2. The maximum absolute atomic E-state index is 12.8. The van der Waals surface area contributed by atoms with E-state index in [1.807, 2.05) is 0 Å². The molecule has 0 aliphatic carbocycles. The maximum Gasteiger partial charge on any atom is 0.337 e. The summed E-state index contributed by atoms with van der Waals surface area (Å²) in [4.78, 5) is 23.8. The second kappa shape index (κ2) is 8.75. The summed E-state index contributed by atoms with van der Waals surface area (Å²) < 4.78 is 37.9. The number of esters is 1. The number of ether oxygens (including phenoxy) is 2. The number of methoxy groups -OCH3 is 2. The van der Waals surface area contributed by atoms with Crippen LogP contribution in [0.1, 0.15) is 33.2 Å². The minimum absolute atomic E-state index is 0.104. The average molecular weight is 406 g/mol. The van der Waals surface area contributed by atoms with Crippen molar-refractivity contribution in [3.05, 3.63) is 53.1 Å². The highest BCUT2D eigenvalue weighted by Gasteiger charge is 2.21. The van der Waals surface area contributed by atoms with Crippen LogP contribution in [-0.4, -0.2) is 41.1 Å². The molecular formula is C19H22N2O6S. The van der Waals surface area contributed by atoms with Crippen LogP contribution in [0, 0.1) is 6.92 Å². The Morgan fingerprint density at radius 3 is 2.39 bits per heavy atom. The van der Waals surface area contributed by atoms with Gasteiger partial charge in [-0.1, -0.05) is 6.07 Å². The molecule has 2 aromatic carbocycles. The zero-order valence-corrected chi connectivity index (χ0v) is 16.8. The topological polar surface area (TPSA) is 111 Å². The predicted molar refractivity (Wildman–Crippen MR) is 104 cm³/mol. The van der Waals surface area contributed by atoms with E-state index in [2.05, 4.69) is 14.8 Å². The number of sulfonamides is 1. The first-order valence-corrected chi connectivity index (χ1v) is 9.89. The van der Waals surface area contributed by atoms with Crippen LogP contribution in [0.3, 0.4) is 0 Å². The summed E-state index contributed by atoms with van der Waals surface area (Å²) >= 11 is 0. The monoisotopic (exact) mass is 406 g/mol. The van der Waals surface area contributed by atoms with Crippen molar-refractivity contribution in [1.82, 2.24) is 5.32 Å². The number of amides is 1.